The minimum absolute atomic E-state index is 0.0743. The van der Waals surface area contributed by atoms with E-state index in [2.05, 4.69) is 40.1 Å². The molecular weight excluding hydrogens is 450 g/mol. The molecule has 176 valence electrons. The first kappa shape index (κ1) is 23.8. The number of nitrogens with one attached hydrogen (secondary N) is 2. The standard InChI is InChI=1S/C27H28ClN3O3/c1-18-15-22(34-14-13-29-25-8-4-6-19-5-2-3-7-23(19)25)11-9-21(18)17-30-31-27(33)20-10-12-26(32)24(28)16-20/h2-3,5,7,9-12,15-17,25,29,32H,4,6,8,13-14H2,1H3,(H,31,33)/b30-17-. The van der Waals surface area contributed by atoms with Crippen molar-refractivity contribution in [3.05, 3.63) is 93.5 Å². The molecule has 34 heavy (non-hydrogen) atoms. The molecule has 0 saturated carbocycles. The van der Waals surface area contributed by atoms with Crippen LogP contribution in [0.2, 0.25) is 5.02 Å². The fourth-order valence-corrected chi connectivity index (χ4v) is 4.30. The summed E-state index contributed by atoms with van der Waals surface area (Å²) in [5, 5.41) is 17.2. The summed E-state index contributed by atoms with van der Waals surface area (Å²) < 4.78 is 5.93. The van der Waals surface area contributed by atoms with Crippen LogP contribution in [-0.2, 0) is 6.42 Å². The molecule has 0 saturated heterocycles. The SMILES string of the molecule is Cc1cc(OCCNC2CCCc3ccccc32)ccc1/C=N\NC(=O)c1ccc(O)c(Cl)c1. The van der Waals surface area contributed by atoms with Crippen LogP contribution < -0.4 is 15.5 Å². The van der Waals surface area contributed by atoms with Gasteiger partial charge in [0, 0.05) is 18.2 Å². The monoisotopic (exact) mass is 477 g/mol. The zero-order chi connectivity index (χ0) is 23.9. The molecule has 4 rings (SSSR count). The predicted molar refractivity (Wildman–Crippen MR) is 135 cm³/mol. The third kappa shape index (κ3) is 5.95. The highest BCUT2D eigenvalue weighted by atomic mass is 35.5. The number of hydrogen-bond acceptors (Lipinski definition) is 5. The fraction of sp³-hybridized carbons (Fsp3) is 0.259. The van der Waals surface area contributed by atoms with Gasteiger partial charge in [-0.05, 0) is 84.8 Å². The predicted octanol–water partition coefficient (Wildman–Crippen LogP) is 5.16. The minimum atomic E-state index is -0.413. The van der Waals surface area contributed by atoms with Crippen molar-refractivity contribution in [2.24, 2.45) is 5.10 Å². The van der Waals surface area contributed by atoms with Crippen molar-refractivity contribution < 1.29 is 14.6 Å². The zero-order valence-corrected chi connectivity index (χ0v) is 19.8. The topological polar surface area (TPSA) is 83.0 Å². The Morgan fingerprint density at radius 1 is 1.21 bits per heavy atom. The number of rotatable bonds is 8. The van der Waals surface area contributed by atoms with Crippen LogP contribution in [0.15, 0.2) is 65.8 Å². The smallest absolute Gasteiger partial charge is 0.271 e. The summed E-state index contributed by atoms with van der Waals surface area (Å²) >= 11 is 5.84. The summed E-state index contributed by atoms with van der Waals surface area (Å²) in [5.74, 6) is 0.307. The number of carbonyl (C=O) groups excluding carboxylic acids is 1. The first-order valence-electron chi connectivity index (χ1n) is 11.4. The van der Waals surface area contributed by atoms with Crippen LogP contribution in [0.25, 0.3) is 0 Å². The van der Waals surface area contributed by atoms with Gasteiger partial charge in [0.1, 0.15) is 18.1 Å². The molecule has 0 radical (unpaired) electrons. The van der Waals surface area contributed by atoms with E-state index in [9.17, 15) is 9.90 Å². The Hall–Kier alpha value is -3.35. The molecule has 0 heterocycles. The maximum atomic E-state index is 12.2. The molecular formula is C27H28ClN3O3. The number of carbonyl (C=O) groups is 1. The number of ether oxygens (including phenoxy) is 1. The Labute approximate surface area is 204 Å². The summed E-state index contributed by atoms with van der Waals surface area (Å²) in [5.41, 5.74) is 7.49. The van der Waals surface area contributed by atoms with Crippen LogP contribution in [0.3, 0.4) is 0 Å². The molecule has 1 atom stereocenters. The van der Waals surface area contributed by atoms with E-state index >= 15 is 0 Å². The maximum absolute atomic E-state index is 12.2. The van der Waals surface area contributed by atoms with Crippen molar-refractivity contribution in [1.29, 1.82) is 0 Å². The van der Waals surface area contributed by atoms with Crippen LogP contribution in [0.4, 0.5) is 0 Å². The highest BCUT2D eigenvalue weighted by Gasteiger charge is 2.18. The number of aromatic hydroxyl groups is 1. The Balaban J connectivity index is 1.25. The molecule has 0 fully saturated rings. The third-order valence-corrected chi connectivity index (χ3v) is 6.25. The Kier molecular flexibility index (Phi) is 7.83. The summed E-state index contributed by atoms with van der Waals surface area (Å²) in [6.07, 6.45) is 5.11. The van der Waals surface area contributed by atoms with Gasteiger partial charge in [0.25, 0.3) is 5.91 Å². The number of halogens is 1. The number of amides is 1. The van der Waals surface area contributed by atoms with Crippen molar-refractivity contribution in [3.8, 4) is 11.5 Å². The summed E-state index contributed by atoms with van der Waals surface area (Å²) in [7, 11) is 0. The lowest BCUT2D eigenvalue weighted by Crippen LogP contribution is -2.28. The normalized spacial score (nSPS) is 15.2. The van der Waals surface area contributed by atoms with Gasteiger partial charge in [0.15, 0.2) is 0 Å². The van der Waals surface area contributed by atoms with Crippen LogP contribution >= 0.6 is 11.6 Å². The first-order valence-corrected chi connectivity index (χ1v) is 11.8. The zero-order valence-electron chi connectivity index (χ0n) is 19.1. The van der Waals surface area contributed by atoms with E-state index in [0.29, 0.717) is 18.2 Å². The molecule has 0 spiro atoms. The number of fused-ring (bicyclic) bond motifs is 1. The molecule has 1 aliphatic carbocycles. The molecule has 7 heteroatoms. The Morgan fingerprint density at radius 2 is 2.06 bits per heavy atom. The number of hydrazone groups is 1. The highest BCUT2D eigenvalue weighted by Crippen LogP contribution is 2.29. The molecule has 3 aromatic rings. The van der Waals surface area contributed by atoms with E-state index in [4.69, 9.17) is 16.3 Å². The number of nitrogens with zero attached hydrogens (tertiary/aromatic N) is 1. The van der Waals surface area contributed by atoms with Gasteiger partial charge < -0.3 is 15.2 Å². The number of aryl methyl sites for hydroxylation is 2. The average Bonchev–Trinajstić information content (AvgIpc) is 2.84. The van der Waals surface area contributed by atoms with Gasteiger partial charge >= 0.3 is 0 Å². The molecule has 1 unspecified atom stereocenters. The molecule has 1 aliphatic rings. The van der Waals surface area contributed by atoms with E-state index in [-0.39, 0.29) is 10.8 Å². The minimum Gasteiger partial charge on any atom is -0.506 e. The summed E-state index contributed by atoms with van der Waals surface area (Å²) in [4.78, 5) is 12.2. The molecule has 0 aromatic heterocycles. The lowest BCUT2D eigenvalue weighted by molar-refractivity contribution is 0.0955. The number of phenols is 1. The van der Waals surface area contributed by atoms with Gasteiger partial charge in [-0.25, -0.2) is 5.43 Å². The van der Waals surface area contributed by atoms with Crippen molar-refractivity contribution in [3.63, 3.8) is 0 Å². The number of phenolic OH excluding ortho intramolecular Hbond substituents is 1. The van der Waals surface area contributed by atoms with Gasteiger partial charge in [-0.2, -0.15) is 5.10 Å². The van der Waals surface area contributed by atoms with E-state index in [1.807, 2.05) is 25.1 Å². The van der Waals surface area contributed by atoms with Gasteiger partial charge in [-0.1, -0.05) is 35.9 Å². The third-order valence-electron chi connectivity index (χ3n) is 5.95. The lowest BCUT2D eigenvalue weighted by Gasteiger charge is -2.26. The lowest BCUT2D eigenvalue weighted by atomic mass is 9.88. The van der Waals surface area contributed by atoms with Gasteiger partial charge in [-0.15, -0.1) is 0 Å². The fourth-order valence-electron chi connectivity index (χ4n) is 4.12. The molecule has 0 aliphatic heterocycles. The van der Waals surface area contributed by atoms with Gasteiger partial charge in [0.2, 0.25) is 0 Å². The van der Waals surface area contributed by atoms with Crippen LogP contribution in [-0.4, -0.2) is 30.4 Å². The van der Waals surface area contributed by atoms with E-state index in [0.717, 1.165) is 36.3 Å². The van der Waals surface area contributed by atoms with Crippen molar-refractivity contribution in [1.82, 2.24) is 10.7 Å². The van der Waals surface area contributed by atoms with Crippen molar-refractivity contribution >= 4 is 23.7 Å². The molecule has 3 aromatic carbocycles. The largest absolute Gasteiger partial charge is 0.506 e. The summed E-state index contributed by atoms with van der Waals surface area (Å²) in [6, 6.07) is 19.0. The molecule has 3 N–H and O–H groups in total. The molecule has 0 bridgehead atoms. The Morgan fingerprint density at radius 3 is 2.88 bits per heavy atom. The molecule has 6 nitrogen and oxygen atoms in total. The van der Waals surface area contributed by atoms with Crippen LogP contribution in [0.1, 0.15) is 51.5 Å². The van der Waals surface area contributed by atoms with Crippen LogP contribution in [0.5, 0.6) is 11.5 Å². The second kappa shape index (κ2) is 11.2. The van der Waals surface area contributed by atoms with Gasteiger partial charge in [0.05, 0.1) is 11.2 Å². The van der Waals surface area contributed by atoms with E-state index in [1.54, 1.807) is 6.21 Å². The van der Waals surface area contributed by atoms with Crippen LogP contribution in [0, 0.1) is 6.92 Å². The Bertz CT molecular complexity index is 1200. The highest BCUT2D eigenvalue weighted by molar-refractivity contribution is 6.32. The van der Waals surface area contributed by atoms with Gasteiger partial charge in [-0.3, -0.25) is 4.79 Å². The second-order valence-electron chi connectivity index (χ2n) is 8.33. The summed E-state index contributed by atoms with van der Waals surface area (Å²) in [6.45, 7) is 3.32. The van der Waals surface area contributed by atoms with Crippen molar-refractivity contribution in [2.75, 3.05) is 13.2 Å². The number of hydrogen-bond donors (Lipinski definition) is 3. The number of benzene rings is 3. The second-order valence-corrected chi connectivity index (χ2v) is 8.74. The maximum Gasteiger partial charge on any atom is 0.271 e. The average molecular weight is 478 g/mol. The first-order chi connectivity index (χ1) is 16.5. The van der Waals surface area contributed by atoms with Crippen molar-refractivity contribution in [2.45, 2.75) is 32.2 Å². The molecule has 1 amide bonds. The van der Waals surface area contributed by atoms with E-state index in [1.165, 1.54) is 35.7 Å². The van der Waals surface area contributed by atoms with E-state index < -0.39 is 5.91 Å². The quantitative estimate of drug-likeness (QED) is 0.237.